The SMILES string of the molecule is O=C(Oc1ccc2oc(-c3ccc(Cl)cc3)cc(=O)c2c1)c1ccccc1Cl. The molecule has 3 aromatic carbocycles. The molecule has 0 spiro atoms. The van der Waals surface area contributed by atoms with Gasteiger partial charge in [0, 0.05) is 16.7 Å². The molecule has 4 aromatic rings. The molecule has 4 rings (SSSR count). The summed E-state index contributed by atoms with van der Waals surface area (Å²) in [6.07, 6.45) is 0. The van der Waals surface area contributed by atoms with Gasteiger partial charge in [-0.1, -0.05) is 35.3 Å². The number of rotatable bonds is 3. The summed E-state index contributed by atoms with van der Waals surface area (Å²) in [5.74, 6) is 0.0473. The van der Waals surface area contributed by atoms with Crippen LogP contribution in [0.25, 0.3) is 22.3 Å². The van der Waals surface area contributed by atoms with Crippen LogP contribution in [0.4, 0.5) is 0 Å². The average Bonchev–Trinajstić information content (AvgIpc) is 2.69. The number of carbonyl (C=O) groups excluding carboxylic acids is 1. The van der Waals surface area contributed by atoms with Gasteiger partial charge in [-0.25, -0.2) is 4.79 Å². The first kappa shape index (κ1) is 18.3. The van der Waals surface area contributed by atoms with Crippen molar-refractivity contribution in [1.82, 2.24) is 0 Å². The maximum atomic E-state index is 12.6. The van der Waals surface area contributed by atoms with Gasteiger partial charge >= 0.3 is 5.97 Å². The minimum Gasteiger partial charge on any atom is -0.456 e. The van der Waals surface area contributed by atoms with Crippen molar-refractivity contribution in [2.45, 2.75) is 0 Å². The van der Waals surface area contributed by atoms with Crippen molar-refractivity contribution in [1.29, 1.82) is 0 Å². The Morgan fingerprint density at radius 2 is 1.64 bits per heavy atom. The minimum absolute atomic E-state index is 0.226. The smallest absolute Gasteiger partial charge is 0.345 e. The molecule has 0 amide bonds. The summed E-state index contributed by atoms with van der Waals surface area (Å²) in [6, 6.07) is 19.6. The Kier molecular flexibility index (Phi) is 4.90. The van der Waals surface area contributed by atoms with Crippen molar-refractivity contribution in [3.05, 3.63) is 98.6 Å². The second-order valence-corrected chi connectivity index (χ2v) is 6.85. The highest BCUT2D eigenvalue weighted by molar-refractivity contribution is 6.33. The molecule has 6 heteroatoms. The van der Waals surface area contributed by atoms with Crippen LogP contribution < -0.4 is 10.2 Å². The zero-order valence-corrected chi connectivity index (χ0v) is 15.8. The maximum absolute atomic E-state index is 12.6. The van der Waals surface area contributed by atoms with E-state index >= 15 is 0 Å². The van der Waals surface area contributed by atoms with Crippen LogP contribution in [0.5, 0.6) is 5.75 Å². The van der Waals surface area contributed by atoms with Gasteiger partial charge in [-0.15, -0.1) is 0 Å². The third kappa shape index (κ3) is 3.65. The van der Waals surface area contributed by atoms with E-state index in [2.05, 4.69) is 0 Å². The lowest BCUT2D eigenvalue weighted by Crippen LogP contribution is -2.09. The zero-order valence-electron chi connectivity index (χ0n) is 14.3. The molecule has 0 aliphatic carbocycles. The molecule has 0 aliphatic heterocycles. The molecule has 0 N–H and O–H groups in total. The molecule has 138 valence electrons. The highest BCUT2D eigenvalue weighted by Gasteiger charge is 2.14. The van der Waals surface area contributed by atoms with Gasteiger partial charge in [0.15, 0.2) is 5.43 Å². The van der Waals surface area contributed by atoms with E-state index in [0.717, 1.165) is 5.56 Å². The van der Waals surface area contributed by atoms with Gasteiger partial charge in [-0.2, -0.15) is 0 Å². The Bertz CT molecular complexity index is 1240. The number of ether oxygens (including phenoxy) is 1. The Morgan fingerprint density at radius 3 is 2.39 bits per heavy atom. The number of hydrogen-bond acceptors (Lipinski definition) is 4. The van der Waals surface area contributed by atoms with Crippen LogP contribution in [0, 0.1) is 0 Å². The molecular formula is C22H12Cl2O4. The van der Waals surface area contributed by atoms with Gasteiger partial charge in [0.05, 0.1) is 16.0 Å². The van der Waals surface area contributed by atoms with Crippen molar-refractivity contribution in [2.75, 3.05) is 0 Å². The summed E-state index contributed by atoms with van der Waals surface area (Å²) in [4.78, 5) is 24.9. The quantitative estimate of drug-likeness (QED) is 0.307. The molecule has 1 heterocycles. The van der Waals surface area contributed by atoms with E-state index in [1.165, 1.54) is 12.1 Å². The molecule has 0 saturated heterocycles. The summed E-state index contributed by atoms with van der Waals surface area (Å²) >= 11 is 11.9. The molecule has 0 atom stereocenters. The topological polar surface area (TPSA) is 56.5 Å². The zero-order chi connectivity index (χ0) is 19.7. The predicted octanol–water partition coefficient (Wildman–Crippen LogP) is 5.99. The summed E-state index contributed by atoms with van der Waals surface area (Å²) < 4.78 is 11.2. The number of carbonyl (C=O) groups is 1. The largest absolute Gasteiger partial charge is 0.456 e. The second kappa shape index (κ2) is 7.50. The first-order valence-electron chi connectivity index (χ1n) is 8.32. The number of benzene rings is 3. The first-order chi connectivity index (χ1) is 13.5. The van der Waals surface area contributed by atoms with E-state index in [0.29, 0.717) is 26.8 Å². The summed E-state index contributed by atoms with van der Waals surface area (Å²) in [7, 11) is 0. The normalized spacial score (nSPS) is 10.8. The van der Waals surface area contributed by atoms with Gasteiger partial charge in [0.25, 0.3) is 0 Å². The van der Waals surface area contributed by atoms with Crippen LogP contribution >= 0.6 is 23.2 Å². The fraction of sp³-hybridized carbons (Fsp3) is 0. The fourth-order valence-corrected chi connectivity index (χ4v) is 3.08. The van der Waals surface area contributed by atoms with Crippen LogP contribution in [-0.4, -0.2) is 5.97 Å². The molecule has 0 saturated carbocycles. The monoisotopic (exact) mass is 410 g/mol. The van der Waals surface area contributed by atoms with E-state index < -0.39 is 5.97 Å². The highest BCUT2D eigenvalue weighted by atomic mass is 35.5. The lowest BCUT2D eigenvalue weighted by Gasteiger charge is -2.07. The van der Waals surface area contributed by atoms with Gasteiger partial charge in [0.1, 0.15) is 17.1 Å². The van der Waals surface area contributed by atoms with E-state index in [-0.39, 0.29) is 16.7 Å². The van der Waals surface area contributed by atoms with Crippen molar-refractivity contribution in [3.8, 4) is 17.1 Å². The Labute approximate surface area is 169 Å². The lowest BCUT2D eigenvalue weighted by atomic mass is 10.1. The van der Waals surface area contributed by atoms with Crippen LogP contribution in [0.15, 0.2) is 82.0 Å². The summed E-state index contributed by atoms with van der Waals surface area (Å²) in [5.41, 5.74) is 1.11. The molecule has 28 heavy (non-hydrogen) atoms. The first-order valence-corrected chi connectivity index (χ1v) is 9.07. The van der Waals surface area contributed by atoms with Crippen molar-refractivity contribution in [2.24, 2.45) is 0 Å². The summed E-state index contributed by atoms with van der Waals surface area (Å²) in [5, 5.41) is 1.19. The van der Waals surface area contributed by atoms with E-state index in [4.69, 9.17) is 32.4 Å². The number of esters is 1. The lowest BCUT2D eigenvalue weighted by molar-refractivity contribution is 0.0735. The maximum Gasteiger partial charge on any atom is 0.345 e. The van der Waals surface area contributed by atoms with Crippen molar-refractivity contribution < 1.29 is 13.9 Å². The Morgan fingerprint density at radius 1 is 0.893 bits per heavy atom. The van der Waals surface area contributed by atoms with Crippen LogP contribution in [0.2, 0.25) is 10.0 Å². The highest BCUT2D eigenvalue weighted by Crippen LogP contribution is 2.26. The molecule has 1 aromatic heterocycles. The van der Waals surface area contributed by atoms with Crippen molar-refractivity contribution >= 4 is 40.1 Å². The van der Waals surface area contributed by atoms with Crippen LogP contribution in [0.1, 0.15) is 10.4 Å². The molecule has 0 unspecified atom stereocenters. The third-order valence-corrected chi connectivity index (χ3v) is 4.71. The molecular weight excluding hydrogens is 399 g/mol. The standard InChI is InChI=1S/C22H12Cl2O4/c23-14-7-5-13(6-8-14)21-12-19(25)17-11-15(9-10-20(17)28-21)27-22(26)16-3-1-2-4-18(16)24/h1-12H. The number of hydrogen-bond donors (Lipinski definition) is 0. The van der Waals surface area contributed by atoms with E-state index in [1.54, 1.807) is 60.7 Å². The van der Waals surface area contributed by atoms with Gasteiger partial charge in [-0.3, -0.25) is 4.79 Å². The van der Waals surface area contributed by atoms with Gasteiger partial charge < -0.3 is 9.15 Å². The minimum atomic E-state index is -0.605. The summed E-state index contributed by atoms with van der Waals surface area (Å²) in [6.45, 7) is 0. The predicted molar refractivity (Wildman–Crippen MR) is 109 cm³/mol. The van der Waals surface area contributed by atoms with Gasteiger partial charge in [0.2, 0.25) is 0 Å². The molecule has 0 aliphatic rings. The van der Waals surface area contributed by atoms with E-state index in [1.807, 2.05) is 0 Å². The van der Waals surface area contributed by atoms with Crippen LogP contribution in [0.3, 0.4) is 0 Å². The number of halogens is 2. The second-order valence-electron chi connectivity index (χ2n) is 6.01. The Balaban J connectivity index is 1.68. The third-order valence-electron chi connectivity index (χ3n) is 4.13. The van der Waals surface area contributed by atoms with E-state index in [9.17, 15) is 9.59 Å². The van der Waals surface area contributed by atoms with Crippen molar-refractivity contribution in [3.63, 3.8) is 0 Å². The fourth-order valence-electron chi connectivity index (χ4n) is 2.74. The number of fused-ring (bicyclic) bond motifs is 1. The molecule has 0 bridgehead atoms. The average molecular weight is 411 g/mol. The molecule has 0 radical (unpaired) electrons. The van der Waals surface area contributed by atoms with Crippen LogP contribution in [-0.2, 0) is 0 Å². The van der Waals surface area contributed by atoms with Gasteiger partial charge in [-0.05, 0) is 54.6 Å². The molecule has 0 fully saturated rings. The Hall–Kier alpha value is -3.08. The molecule has 4 nitrogen and oxygen atoms in total.